The Morgan fingerprint density at radius 3 is 1.61 bits per heavy atom. The Labute approximate surface area is 137 Å². The van der Waals surface area contributed by atoms with Crippen molar-refractivity contribution in [3.8, 4) is 0 Å². The molecule has 8 nitrogen and oxygen atoms in total. The second-order valence-corrected chi connectivity index (χ2v) is 9.76. The van der Waals surface area contributed by atoms with E-state index in [4.69, 9.17) is 18.6 Å². The van der Waals surface area contributed by atoms with Gasteiger partial charge in [-0.25, -0.2) is 0 Å². The van der Waals surface area contributed by atoms with Crippen LogP contribution in [0.15, 0.2) is 0 Å². The van der Waals surface area contributed by atoms with Gasteiger partial charge in [0.05, 0.1) is 24.7 Å². The van der Waals surface area contributed by atoms with E-state index in [1.807, 2.05) is 0 Å². The minimum atomic E-state index is -4.17. The number of ether oxygens (including phenoxy) is 2. The third-order valence-corrected chi connectivity index (χ3v) is 6.12. The van der Waals surface area contributed by atoms with Crippen molar-refractivity contribution in [3.63, 3.8) is 0 Å². The molecular formula is C13H24O8S2. The van der Waals surface area contributed by atoms with E-state index in [1.165, 1.54) is 0 Å². The summed E-state index contributed by atoms with van der Waals surface area (Å²) in [6, 6.07) is 0. The van der Waals surface area contributed by atoms with Crippen LogP contribution in [0.2, 0.25) is 0 Å². The molecule has 0 amide bonds. The second kappa shape index (κ2) is 6.93. The van der Waals surface area contributed by atoms with E-state index < -0.39 is 42.9 Å². The lowest BCUT2D eigenvalue weighted by atomic mass is 9.82. The van der Waals surface area contributed by atoms with Gasteiger partial charge in [0.2, 0.25) is 0 Å². The fraction of sp³-hybridized carbons (Fsp3) is 1.00. The van der Waals surface area contributed by atoms with E-state index in [0.717, 1.165) is 32.1 Å². The molecule has 1 heterocycles. The Bertz CT molecular complexity index is 556. The van der Waals surface area contributed by atoms with Crippen LogP contribution in [-0.4, -0.2) is 56.4 Å². The topological polar surface area (TPSA) is 127 Å². The molecule has 10 heteroatoms. The summed E-state index contributed by atoms with van der Waals surface area (Å²) in [5.74, 6) is -1.66. The lowest BCUT2D eigenvalue weighted by molar-refractivity contribution is -0.315. The average Bonchev–Trinajstić information content (AvgIpc) is 2.45. The quantitative estimate of drug-likeness (QED) is 0.667. The van der Waals surface area contributed by atoms with Crippen molar-refractivity contribution in [2.45, 2.75) is 50.7 Å². The number of rotatable bonds is 6. The van der Waals surface area contributed by atoms with Crippen molar-refractivity contribution in [1.29, 1.82) is 0 Å². The summed E-state index contributed by atoms with van der Waals surface area (Å²) >= 11 is 0. The van der Waals surface area contributed by atoms with Gasteiger partial charge in [-0.1, -0.05) is 6.42 Å². The molecule has 0 bridgehead atoms. The molecule has 2 fully saturated rings. The molecule has 2 aliphatic rings. The third kappa shape index (κ3) is 5.95. The second-order valence-electron chi connectivity index (χ2n) is 6.62. The summed E-state index contributed by atoms with van der Waals surface area (Å²) in [5, 5.41) is 0. The molecule has 1 saturated carbocycles. The van der Waals surface area contributed by atoms with Gasteiger partial charge >= 0.3 is 0 Å². The van der Waals surface area contributed by atoms with E-state index in [9.17, 15) is 16.8 Å². The first kappa shape index (κ1) is 19.1. The predicted molar refractivity (Wildman–Crippen MR) is 82.2 cm³/mol. The highest BCUT2D eigenvalue weighted by Crippen LogP contribution is 2.42. The normalized spacial score (nSPS) is 24.6. The molecule has 1 aliphatic heterocycles. The smallest absolute Gasteiger partial charge is 0.264 e. The van der Waals surface area contributed by atoms with Crippen molar-refractivity contribution >= 4 is 20.2 Å². The SMILES string of the molecule is O=S(=O)(O)CCC1(CCS(=O)(=O)O)COC2(CCCCC2)OC1. The zero-order valence-corrected chi connectivity index (χ0v) is 14.6. The first-order chi connectivity index (χ1) is 10.5. The first-order valence-electron chi connectivity index (χ1n) is 7.72. The van der Waals surface area contributed by atoms with Gasteiger partial charge in [0.25, 0.3) is 20.2 Å². The van der Waals surface area contributed by atoms with Crippen molar-refractivity contribution in [2.24, 2.45) is 5.41 Å². The Balaban J connectivity index is 2.05. The van der Waals surface area contributed by atoms with Crippen LogP contribution in [0.25, 0.3) is 0 Å². The van der Waals surface area contributed by atoms with Gasteiger partial charge in [-0.15, -0.1) is 0 Å². The summed E-state index contributed by atoms with van der Waals surface area (Å²) in [6.45, 7) is 0.302. The predicted octanol–water partition coefficient (Wildman–Crippen LogP) is 1.24. The summed E-state index contributed by atoms with van der Waals surface area (Å²) in [5.41, 5.74) is -0.853. The Kier molecular flexibility index (Phi) is 5.74. The van der Waals surface area contributed by atoms with Crippen LogP contribution in [-0.2, 0) is 29.7 Å². The lowest BCUT2D eigenvalue weighted by Gasteiger charge is -2.48. The highest BCUT2D eigenvalue weighted by molar-refractivity contribution is 7.86. The van der Waals surface area contributed by atoms with Gasteiger partial charge in [0, 0.05) is 18.3 Å². The maximum absolute atomic E-state index is 11.0. The molecule has 0 unspecified atom stereocenters. The molecule has 2 N–H and O–H groups in total. The van der Waals surface area contributed by atoms with Crippen LogP contribution in [0.3, 0.4) is 0 Å². The highest BCUT2D eigenvalue weighted by atomic mass is 32.2. The van der Waals surface area contributed by atoms with Gasteiger partial charge in [0.1, 0.15) is 0 Å². The molecule has 1 aliphatic carbocycles. The largest absolute Gasteiger partial charge is 0.349 e. The summed E-state index contributed by atoms with van der Waals surface area (Å²) in [7, 11) is -8.34. The Morgan fingerprint density at radius 2 is 1.22 bits per heavy atom. The molecule has 0 aromatic carbocycles. The molecule has 1 saturated heterocycles. The average molecular weight is 372 g/mol. The van der Waals surface area contributed by atoms with Crippen LogP contribution in [0.4, 0.5) is 0 Å². The molecule has 1 spiro atoms. The minimum Gasteiger partial charge on any atom is -0.349 e. The van der Waals surface area contributed by atoms with E-state index >= 15 is 0 Å². The van der Waals surface area contributed by atoms with E-state index in [1.54, 1.807) is 0 Å². The summed E-state index contributed by atoms with van der Waals surface area (Å²) < 4.78 is 73.7. The maximum Gasteiger partial charge on any atom is 0.264 e. The standard InChI is InChI=1S/C13H24O8S2/c14-22(15,16)8-6-12(7-9-23(17,18)19)10-20-13(21-11-12)4-2-1-3-5-13/h1-11H2,(H,14,15,16)(H,17,18,19). The zero-order chi connectivity index (χ0) is 17.2. The van der Waals surface area contributed by atoms with Crippen LogP contribution in [0.5, 0.6) is 0 Å². The maximum atomic E-state index is 11.0. The van der Waals surface area contributed by atoms with E-state index in [0.29, 0.717) is 0 Å². The first-order valence-corrected chi connectivity index (χ1v) is 10.9. The van der Waals surface area contributed by atoms with Gasteiger partial charge in [-0.05, 0) is 25.7 Å². The van der Waals surface area contributed by atoms with E-state index in [-0.39, 0.29) is 26.1 Å². The zero-order valence-electron chi connectivity index (χ0n) is 12.9. The van der Waals surface area contributed by atoms with Crippen LogP contribution < -0.4 is 0 Å². The fourth-order valence-electron chi connectivity index (χ4n) is 3.14. The molecule has 0 atom stereocenters. The lowest BCUT2D eigenvalue weighted by Crippen LogP contribution is -2.51. The Hall–Kier alpha value is -0.260. The van der Waals surface area contributed by atoms with Gasteiger partial charge < -0.3 is 9.47 Å². The number of hydrogen-bond donors (Lipinski definition) is 2. The monoisotopic (exact) mass is 372 g/mol. The van der Waals surface area contributed by atoms with Gasteiger partial charge in [-0.3, -0.25) is 9.11 Å². The molecule has 0 radical (unpaired) electrons. The van der Waals surface area contributed by atoms with Crippen molar-refractivity contribution in [1.82, 2.24) is 0 Å². The van der Waals surface area contributed by atoms with Gasteiger partial charge in [-0.2, -0.15) is 16.8 Å². The molecular weight excluding hydrogens is 348 g/mol. The van der Waals surface area contributed by atoms with Crippen LogP contribution >= 0.6 is 0 Å². The Morgan fingerprint density at radius 1 is 0.783 bits per heavy atom. The van der Waals surface area contributed by atoms with Crippen molar-refractivity contribution in [2.75, 3.05) is 24.7 Å². The molecule has 0 aromatic heterocycles. The summed E-state index contributed by atoms with van der Waals surface area (Å²) in [6.07, 6.45) is 4.64. The van der Waals surface area contributed by atoms with Crippen LogP contribution in [0.1, 0.15) is 44.9 Å². The van der Waals surface area contributed by atoms with Gasteiger partial charge in [0.15, 0.2) is 5.79 Å². The third-order valence-electron chi connectivity index (χ3n) is 4.68. The highest BCUT2D eigenvalue weighted by Gasteiger charge is 2.45. The summed E-state index contributed by atoms with van der Waals surface area (Å²) in [4.78, 5) is 0. The molecule has 136 valence electrons. The van der Waals surface area contributed by atoms with E-state index in [2.05, 4.69) is 0 Å². The van der Waals surface area contributed by atoms with Crippen LogP contribution in [0, 0.1) is 5.41 Å². The molecule has 2 rings (SSSR count). The fourth-order valence-corrected chi connectivity index (χ4v) is 4.52. The molecule has 0 aromatic rings. The number of hydrogen-bond acceptors (Lipinski definition) is 6. The minimum absolute atomic E-state index is 0.0113. The molecule has 23 heavy (non-hydrogen) atoms. The van der Waals surface area contributed by atoms with Crippen molar-refractivity contribution < 1.29 is 35.4 Å². The van der Waals surface area contributed by atoms with Crippen molar-refractivity contribution in [3.05, 3.63) is 0 Å².